The maximum Gasteiger partial charge on any atom is 0.322 e. The number of ether oxygens (including phenoxy) is 1. The van der Waals surface area contributed by atoms with Gasteiger partial charge in [-0.3, -0.25) is 4.79 Å². The third kappa shape index (κ3) is 5.14. The molecule has 2 N–H and O–H groups in total. The van der Waals surface area contributed by atoms with E-state index in [4.69, 9.17) is 4.74 Å². The zero-order valence-corrected chi connectivity index (χ0v) is 16.7. The number of amides is 3. The minimum atomic E-state index is -0.597. The van der Waals surface area contributed by atoms with E-state index in [1.807, 2.05) is 6.07 Å². The van der Waals surface area contributed by atoms with E-state index in [2.05, 4.69) is 10.6 Å². The predicted octanol–water partition coefficient (Wildman–Crippen LogP) is 4.64. The van der Waals surface area contributed by atoms with Crippen molar-refractivity contribution in [2.24, 2.45) is 0 Å². The smallest absolute Gasteiger partial charge is 0.322 e. The third-order valence-electron chi connectivity index (χ3n) is 4.39. The predicted molar refractivity (Wildman–Crippen MR) is 113 cm³/mol. The Hall–Kier alpha value is -3.87. The molecule has 3 amide bonds. The molecule has 0 aliphatic rings. The Labute approximate surface area is 174 Å². The second-order valence-electron chi connectivity index (χ2n) is 6.59. The Kier molecular flexibility index (Phi) is 6.64. The van der Waals surface area contributed by atoms with E-state index in [-0.39, 0.29) is 23.9 Å². The standard InChI is InChI=1S/C23H22FN3O3/c1-25-22(28)17-13-11-16(12-14-17)15-27(2)23(29)26-21-19(24)9-6-10-20(21)30-18-7-4-3-5-8-18/h3-14H,15H2,1-2H3,(H,25,28)(H,26,29). The number of hydrogen-bond donors (Lipinski definition) is 2. The van der Waals surface area contributed by atoms with Crippen molar-refractivity contribution in [3.63, 3.8) is 0 Å². The molecule has 3 aromatic rings. The van der Waals surface area contributed by atoms with Crippen molar-refractivity contribution in [3.8, 4) is 11.5 Å². The van der Waals surface area contributed by atoms with Crippen LogP contribution < -0.4 is 15.4 Å². The zero-order chi connectivity index (χ0) is 21.5. The molecule has 0 aliphatic heterocycles. The van der Waals surface area contributed by atoms with Crippen molar-refractivity contribution >= 4 is 17.6 Å². The highest BCUT2D eigenvalue weighted by atomic mass is 19.1. The van der Waals surface area contributed by atoms with Crippen LogP contribution in [-0.4, -0.2) is 30.9 Å². The number of urea groups is 1. The van der Waals surface area contributed by atoms with Gasteiger partial charge in [-0.25, -0.2) is 9.18 Å². The van der Waals surface area contributed by atoms with Crippen molar-refractivity contribution in [3.05, 3.63) is 89.7 Å². The number of halogens is 1. The fraction of sp³-hybridized carbons (Fsp3) is 0.130. The molecule has 7 heteroatoms. The van der Waals surface area contributed by atoms with Crippen LogP contribution in [0.15, 0.2) is 72.8 Å². The van der Waals surface area contributed by atoms with Crippen LogP contribution in [0.25, 0.3) is 0 Å². The number of para-hydroxylation sites is 2. The van der Waals surface area contributed by atoms with Crippen molar-refractivity contribution in [2.45, 2.75) is 6.54 Å². The van der Waals surface area contributed by atoms with Crippen LogP contribution in [0.4, 0.5) is 14.9 Å². The summed E-state index contributed by atoms with van der Waals surface area (Å²) in [6.45, 7) is 0.281. The highest BCUT2D eigenvalue weighted by Crippen LogP contribution is 2.31. The number of carbonyl (C=O) groups excluding carboxylic acids is 2. The van der Waals surface area contributed by atoms with Gasteiger partial charge in [0, 0.05) is 26.2 Å². The summed E-state index contributed by atoms with van der Waals surface area (Å²) < 4.78 is 20.1. The molecule has 0 heterocycles. The fourth-order valence-electron chi connectivity index (χ4n) is 2.78. The van der Waals surface area contributed by atoms with Crippen LogP contribution in [0.3, 0.4) is 0 Å². The summed E-state index contributed by atoms with van der Waals surface area (Å²) in [7, 11) is 3.16. The third-order valence-corrected chi connectivity index (χ3v) is 4.39. The van der Waals surface area contributed by atoms with Crippen LogP contribution in [-0.2, 0) is 6.54 Å². The van der Waals surface area contributed by atoms with Crippen LogP contribution in [0.1, 0.15) is 15.9 Å². The van der Waals surface area contributed by atoms with Gasteiger partial charge in [-0.15, -0.1) is 0 Å². The summed E-state index contributed by atoms with van der Waals surface area (Å²) in [5, 5.41) is 5.13. The number of nitrogens with one attached hydrogen (secondary N) is 2. The summed E-state index contributed by atoms with van der Waals surface area (Å²) in [4.78, 5) is 25.7. The number of anilines is 1. The molecule has 0 atom stereocenters. The second kappa shape index (κ2) is 9.56. The van der Waals surface area contributed by atoms with E-state index in [1.54, 1.807) is 68.7 Å². The van der Waals surface area contributed by atoms with Crippen LogP contribution in [0, 0.1) is 5.82 Å². The van der Waals surface area contributed by atoms with Crippen molar-refractivity contribution in [1.29, 1.82) is 0 Å². The monoisotopic (exact) mass is 407 g/mol. The number of rotatable bonds is 6. The normalized spacial score (nSPS) is 10.2. The maximum absolute atomic E-state index is 14.4. The molecule has 0 fully saturated rings. The van der Waals surface area contributed by atoms with E-state index in [9.17, 15) is 14.0 Å². The maximum atomic E-state index is 14.4. The molecule has 3 rings (SSSR count). The van der Waals surface area contributed by atoms with Gasteiger partial charge in [-0.2, -0.15) is 0 Å². The van der Waals surface area contributed by atoms with Crippen LogP contribution >= 0.6 is 0 Å². The van der Waals surface area contributed by atoms with Crippen LogP contribution in [0.2, 0.25) is 0 Å². The van der Waals surface area contributed by atoms with E-state index >= 15 is 0 Å². The van der Waals surface area contributed by atoms with Crippen LogP contribution in [0.5, 0.6) is 11.5 Å². The molecule has 0 radical (unpaired) electrons. The Bertz CT molecular complexity index is 1020. The SMILES string of the molecule is CNC(=O)c1ccc(CN(C)C(=O)Nc2c(F)cccc2Oc2ccccc2)cc1. The lowest BCUT2D eigenvalue weighted by atomic mass is 10.1. The molecule has 0 aliphatic carbocycles. The van der Waals surface area contributed by atoms with Gasteiger partial charge in [0.05, 0.1) is 0 Å². The van der Waals surface area contributed by atoms with Gasteiger partial charge < -0.3 is 20.3 Å². The largest absolute Gasteiger partial charge is 0.455 e. The molecule has 0 aromatic heterocycles. The molecule has 6 nitrogen and oxygen atoms in total. The molecule has 0 unspecified atom stereocenters. The highest BCUT2D eigenvalue weighted by Gasteiger charge is 2.17. The van der Waals surface area contributed by atoms with Crippen molar-refractivity contribution in [2.75, 3.05) is 19.4 Å². The molecule has 154 valence electrons. The number of nitrogens with zero attached hydrogens (tertiary/aromatic N) is 1. The lowest BCUT2D eigenvalue weighted by molar-refractivity contribution is 0.0963. The Morgan fingerprint density at radius 2 is 1.67 bits per heavy atom. The Morgan fingerprint density at radius 3 is 2.33 bits per heavy atom. The molecular formula is C23H22FN3O3. The highest BCUT2D eigenvalue weighted by molar-refractivity contribution is 5.94. The first kappa shape index (κ1) is 20.9. The molecule has 0 bridgehead atoms. The molecule has 0 spiro atoms. The molecular weight excluding hydrogens is 385 g/mol. The summed E-state index contributed by atoms with van der Waals surface area (Å²) in [6, 6.07) is 19.7. The molecule has 3 aromatic carbocycles. The number of benzene rings is 3. The van der Waals surface area contributed by atoms with Gasteiger partial charge in [-0.1, -0.05) is 36.4 Å². The Morgan fingerprint density at radius 1 is 0.967 bits per heavy atom. The minimum Gasteiger partial charge on any atom is -0.455 e. The quantitative estimate of drug-likeness (QED) is 0.625. The lowest BCUT2D eigenvalue weighted by Crippen LogP contribution is -2.31. The summed E-state index contributed by atoms with van der Waals surface area (Å²) in [5.41, 5.74) is 1.32. The second-order valence-corrected chi connectivity index (χ2v) is 6.59. The summed E-state index contributed by atoms with van der Waals surface area (Å²) in [5.74, 6) is -0.0423. The lowest BCUT2D eigenvalue weighted by Gasteiger charge is -2.20. The zero-order valence-electron chi connectivity index (χ0n) is 16.7. The first-order valence-electron chi connectivity index (χ1n) is 9.32. The average Bonchev–Trinajstić information content (AvgIpc) is 2.76. The van der Waals surface area contributed by atoms with Gasteiger partial charge in [0.2, 0.25) is 0 Å². The Balaban J connectivity index is 1.70. The van der Waals surface area contributed by atoms with E-state index in [0.29, 0.717) is 11.3 Å². The van der Waals surface area contributed by atoms with Gasteiger partial charge >= 0.3 is 6.03 Å². The number of hydrogen-bond acceptors (Lipinski definition) is 3. The topological polar surface area (TPSA) is 70.7 Å². The molecule has 30 heavy (non-hydrogen) atoms. The van der Waals surface area contributed by atoms with E-state index in [0.717, 1.165) is 5.56 Å². The summed E-state index contributed by atoms with van der Waals surface area (Å²) >= 11 is 0. The van der Waals surface area contributed by atoms with Crippen molar-refractivity contribution in [1.82, 2.24) is 10.2 Å². The van der Waals surface area contributed by atoms with E-state index in [1.165, 1.54) is 17.0 Å². The van der Waals surface area contributed by atoms with Gasteiger partial charge in [0.15, 0.2) is 11.6 Å². The molecule has 0 saturated carbocycles. The van der Waals surface area contributed by atoms with Gasteiger partial charge in [-0.05, 0) is 42.0 Å². The number of carbonyl (C=O) groups is 2. The van der Waals surface area contributed by atoms with Gasteiger partial charge in [0.25, 0.3) is 5.91 Å². The van der Waals surface area contributed by atoms with Gasteiger partial charge in [0.1, 0.15) is 11.4 Å². The fourth-order valence-corrected chi connectivity index (χ4v) is 2.78. The molecule has 0 saturated heterocycles. The van der Waals surface area contributed by atoms with E-state index < -0.39 is 11.8 Å². The van der Waals surface area contributed by atoms with Crippen molar-refractivity contribution < 1.29 is 18.7 Å². The average molecular weight is 407 g/mol. The minimum absolute atomic E-state index is 0.0341. The summed E-state index contributed by atoms with van der Waals surface area (Å²) in [6.07, 6.45) is 0. The first-order valence-corrected chi connectivity index (χ1v) is 9.32. The first-order chi connectivity index (χ1) is 14.5.